The molecule has 3 aromatic carbocycles. The Labute approximate surface area is 227 Å². The van der Waals surface area contributed by atoms with Gasteiger partial charge in [-0.1, -0.05) is 18.2 Å². The van der Waals surface area contributed by atoms with E-state index >= 15 is 0 Å². The highest BCUT2D eigenvalue weighted by Crippen LogP contribution is 2.39. The predicted octanol–water partition coefficient (Wildman–Crippen LogP) is 6.34. The third-order valence-corrected chi connectivity index (χ3v) is 6.94. The van der Waals surface area contributed by atoms with Crippen molar-refractivity contribution in [2.75, 3.05) is 19.7 Å². The molecule has 11 heteroatoms. The second kappa shape index (κ2) is 10.1. The lowest BCUT2D eigenvalue weighted by Gasteiger charge is -2.31. The van der Waals surface area contributed by atoms with Crippen molar-refractivity contribution >= 4 is 11.1 Å². The minimum Gasteiger partial charge on any atom is -0.435 e. The van der Waals surface area contributed by atoms with E-state index in [-0.39, 0.29) is 23.1 Å². The molecule has 1 saturated heterocycles. The summed E-state index contributed by atoms with van der Waals surface area (Å²) in [4.78, 5) is 6.53. The van der Waals surface area contributed by atoms with Crippen LogP contribution in [0, 0.1) is 5.82 Å². The fourth-order valence-corrected chi connectivity index (χ4v) is 5.11. The summed E-state index contributed by atoms with van der Waals surface area (Å²) >= 11 is 0. The molecular weight excluding hydrogens is 526 g/mol. The minimum absolute atomic E-state index is 0.0146. The van der Waals surface area contributed by atoms with E-state index in [0.29, 0.717) is 59.9 Å². The first-order valence-corrected chi connectivity index (χ1v) is 12.7. The summed E-state index contributed by atoms with van der Waals surface area (Å²) in [5.74, 6) is 0.0967. The van der Waals surface area contributed by atoms with Gasteiger partial charge in [-0.25, -0.2) is 9.37 Å². The van der Waals surface area contributed by atoms with Gasteiger partial charge in [-0.05, 0) is 60.0 Å². The fourth-order valence-electron chi connectivity index (χ4n) is 5.11. The summed E-state index contributed by atoms with van der Waals surface area (Å²) < 4.78 is 69.5. The van der Waals surface area contributed by atoms with Gasteiger partial charge in [-0.2, -0.15) is 13.2 Å². The summed E-state index contributed by atoms with van der Waals surface area (Å²) in [5.41, 5.74) is 1.84. The molecule has 7 nitrogen and oxygen atoms in total. The molecule has 40 heavy (non-hydrogen) atoms. The van der Waals surface area contributed by atoms with Gasteiger partial charge in [0.25, 0.3) is 0 Å². The largest absolute Gasteiger partial charge is 0.435 e. The van der Waals surface area contributed by atoms with Crippen LogP contribution in [0.4, 0.5) is 17.6 Å². The van der Waals surface area contributed by atoms with Gasteiger partial charge < -0.3 is 13.7 Å². The molecular formula is C29H25F4N5O2. The standard InChI is InChI=1S/C29H25F4N5O2/c1-17-14-38(8-9-39-17)15-18-10-24(29(31,32)33)26-25(11-18)35-28(40-26)20-5-3-4-19(12-20)22-7-6-21(30)13-23(22)27-36-34-16-37(27)2/h3-7,10-13,16-17H,8-9,14-15H2,1-2H3. The number of benzene rings is 3. The topological polar surface area (TPSA) is 69.2 Å². The van der Waals surface area contributed by atoms with Gasteiger partial charge in [0.05, 0.1) is 12.7 Å². The first-order valence-electron chi connectivity index (χ1n) is 12.7. The fraction of sp³-hybridized carbons (Fsp3) is 0.276. The van der Waals surface area contributed by atoms with Crippen molar-refractivity contribution in [3.63, 3.8) is 0 Å². The lowest BCUT2D eigenvalue weighted by Crippen LogP contribution is -2.40. The van der Waals surface area contributed by atoms with Crippen molar-refractivity contribution in [1.82, 2.24) is 24.6 Å². The first kappa shape index (κ1) is 26.1. The molecule has 5 aromatic rings. The molecule has 0 aliphatic carbocycles. The summed E-state index contributed by atoms with van der Waals surface area (Å²) in [5, 5.41) is 8.00. The van der Waals surface area contributed by atoms with Crippen molar-refractivity contribution in [2.24, 2.45) is 7.05 Å². The Morgan fingerprint density at radius 3 is 2.60 bits per heavy atom. The third-order valence-electron chi connectivity index (χ3n) is 6.94. The number of nitrogens with zero attached hydrogens (tertiary/aromatic N) is 5. The van der Waals surface area contributed by atoms with Crippen LogP contribution in [0.1, 0.15) is 18.1 Å². The van der Waals surface area contributed by atoms with Gasteiger partial charge in [0.2, 0.25) is 5.89 Å². The molecule has 0 radical (unpaired) electrons. The first-order chi connectivity index (χ1) is 19.2. The molecule has 1 fully saturated rings. The van der Waals surface area contributed by atoms with Crippen LogP contribution in [-0.4, -0.2) is 50.4 Å². The normalized spacial score (nSPS) is 16.6. The number of oxazole rings is 1. The monoisotopic (exact) mass is 551 g/mol. The summed E-state index contributed by atoms with van der Waals surface area (Å²) in [7, 11) is 1.75. The number of ether oxygens (including phenoxy) is 1. The van der Waals surface area contributed by atoms with E-state index in [1.54, 1.807) is 41.9 Å². The summed E-state index contributed by atoms with van der Waals surface area (Å²) in [6, 6.07) is 14.2. The quantitative estimate of drug-likeness (QED) is 0.238. The van der Waals surface area contributed by atoms with Crippen LogP contribution in [0.2, 0.25) is 0 Å². The number of aromatic nitrogens is 4. The second-order valence-electron chi connectivity index (χ2n) is 9.96. The molecule has 1 aliphatic heterocycles. The van der Waals surface area contributed by atoms with E-state index in [4.69, 9.17) is 9.15 Å². The Balaban J connectivity index is 1.41. The van der Waals surface area contributed by atoms with Crippen LogP contribution in [0.15, 0.2) is 65.3 Å². The highest BCUT2D eigenvalue weighted by Gasteiger charge is 2.36. The average Bonchev–Trinajstić information content (AvgIpc) is 3.54. The molecule has 1 aliphatic rings. The summed E-state index contributed by atoms with van der Waals surface area (Å²) in [6.07, 6.45) is -3.09. The average molecular weight is 552 g/mol. The third kappa shape index (κ3) is 5.09. The Morgan fingerprint density at radius 2 is 1.85 bits per heavy atom. The molecule has 6 rings (SSSR count). The molecule has 0 spiro atoms. The zero-order valence-electron chi connectivity index (χ0n) is 21.7. The maximum Gasteiger partial charge on any atom is 0.420 e. The second-order valence-corrected chi connectivity index (χ2v) is 9.96. The number of alkyl halides is 3. The Kier molecular flexibility index (Phi) is 6.63. The van der Waals surface area contributed by atoms with E-state index in [2.05, 4.69) is 20.1 Å². The van der Waals surface area contributed by atoms with E-state index in [1.807, 2.05) is 13.0 Å². The van der Waals surface area contributed by atoms with Crippen LogP contribution in [0.5, 0.6) is 0 Å². The lowest BCUT2D eigenvalue weighted by atomic mass is 9.97. The maximum absolute atomic E-state index is 14.2. The Morgan fingerprint density at radius 1 is 1.02 bits per heavy atom. The van der Waals surface area contributed by atoms with Crippen LogP contribution in [0.25, 0.3) is 45.1 Å². The van der Waals surface area contributed by atoms with Crippen LogP contribution in [-0.2, 0) is 24.5 Å². The van der Waals surface area contributed by atoms with Crippen LogP contribution in [0.3, 0.4) is 0 Å². The van der Waals surface area contributed by atoms with Gasteiger partial charge >= 0.3 is 6.18 Å². The number of rotatable bonds is 5. The van der Waals surface area contributed by atoms with Crippen LogP contribution >= 0.6 is 0 Å². The maximum atomic E-state index is 14.2. The van der Waals surface area contributed by atoms with Crippen molar-refractivity contribution < 1.29 is 26.7 Å². The molecule has 2 aromatic heterocycles. The molecule has 0 N–H and O–H groups in total. The van der Waals surface area contributed by atoms with Crippen molar-refractivity contribution in [2.45, 2.75) is 25.7 Å². The van der Waals surface area contributed by atoms with Gasteiger partial charge in [-0.3, -0.25) is 4.90 Å². The zero-order valence-corrected chi connectivity index (χ0v) is 21.7. The SMILES string of the molecule is CC1CN(Cc2cc(C(F)(F)F)c3oc(-c4cccc(-c5ccc(F)cc5-c5nncn5C)c4)nc3c2)CCO1. The molecule has 1 atom stereocenters. The van der Waals surface area contributed by atoms with E-state index in [1.165, 1.54) is 18.5 Å². The zero-order chi connectivity index (χ0) is 28.0. The van der Waals surface area contributed by atoms with E-state index < -0.39 is 17.6 Å². The molecule has 0 amide bonds. The summed E-state index contributed by atoms with van der Waals surface area (Å²) in [6.45, 7) is 4.10. The molecule has 3 heterocycles. The number of hydrogen-bond acceptors (Lipinski definition) is 6. The number of fused-ring (bicyclic) bond motifs is 1. The molecule has 206 valence electrons. The minimum atomic E-state index is -4.62. The van der Waals surface area contributed by atoms with Crippen LogP contribution < -0.4 is 0 Å². The molecule has 1 unspecified atom stereocenters. The van der Waals surface area contributed by atoms with Crippen molar-refractivity contribution in [1.29, 1.82) is 0 Å². The van der Waals surface area contributed by atoms with Gasteiger partial charge in [-0.15, -0.1) is 10.2 Å². The van der Waals surface area contributed by atoms with E-state index in [9.17, 15) is 17.6 Å². The van der Waals surface area contributed by atoms with Gasteiger partial charge in [0, 0.05) is 37.8 Å². The molecule has 0 saturated carbocycles. The number of hydrogen-bond donors (Lipinski definition) is 0. The smallest absolute Gasteiger partial charge is 0.420 e. The predicted molar refractivity (Wildman–Crippen MR) is 141 cm³/mol. The number of morpholine rings is 1. The van der Waals surface area contributed by atoms with E-state index in [0.717, 1.165) is 6.07 Å². The Hall–Kier alpha value is -4.09. The highest BCUT2D eigenvalue weighted by atomic mass is 19.4. The van der Waals surface area contributed by atoms with Crippen molar-refractivity contribution in [3.8, 4) is 34.0 Å². The Bertz CT molecular complexity index is 1690. The lowest BCUT2D eigenvalue weighted by molar-refractivity contribution is -0.136. The highest BCUT2D eigenvalue weighted by molar-refractivity contribution is 5.84. The van der Waals surface area contributed by atoms with Crippen molar-refractivity contribution in [3.05, 3.63) is 77.9 Å². The number of halogens is 4. The van der Waals surface area contributed by atoms with Gasteiger partial charge in [0.1, 0.15) is 23.2 Å². The molecule has 0 bridgehead atoms. The van der Waals surface area contributed by atoms with Gasteiger partial charge in [0.15, 0.2) is 11.4 Å². The number of aryl methyl sites for hydroxylation is 1.